The van der Waals surface area contributed by atoms with E-state index in [1.807, 2.05) is 0 Å². The van der Waals surface area contributed by atoms with Gasteiger partial charge in [0.15, 0.2) is 0 Å². The maximum absolute atomic E-state index is 17.0. The van der Waals surface area contributed by atoms with Crippen LogP contribution >= 0.6 is 0 Å². The Morgan fingerprint density at radius 3 is 1.55 bits per heavy atom. The first-order valence-corrected chi connectivity index (χ1v) is 13.3. The molecule has 0 radical (unpaired) electrons. The molecule has 7 nitrogen and oxygen atoms in total. The second kappa shape index (κ2) is 11.7. The lowest BCUT2D eigenvalue weighted by molar-refractivity contribution is -0.138. The third kappa shape index (κ3) is 5.02. The van der Waals surface area contributed by atoms with Gasteiger partial charge < -0.3 is 0 Å². The minimum Gasteiger partial charge on any atom is -0.206 e. The zero-order valence-electron chi connectivity index (χ0n) is 23.9. The van der Waals surface area contributed by atoms with Crippen molar-refractivity contribution in [2.75, 3.05) is 0 Å². The summed E-state index contributed by atoms with van der Waals surface area (Å²) >= 11 is 0. The average Bonchev–Trinajstić information content (AvgIpc) is 3.58. The molecule has 232 valence electrons. The van der Waals surface area contributed by atoms with Crippen LogP contribution < -0.4 is 0 Å². The van der Waals surface area contributed by atoms with Crippen molar-refractivity contribution in [2.45, 2.75) is 12.4 Å². The van der Waals surface area contributed by atoms with E-state index in [-0.39, 0.29) is 27.8 Å². The highest BCUT2D eigenvalue weighted by atomic mass is 19.4. The van der Waals surface area contributed by atoms with E-state index in [0.29, 0.717) is 18.2 Å². The molecule has 0 N–H and O–H groups in total. The number of halogens is 7. The van der Waals surface area contributed by atoms with Gasteiger partial charge in [0.1, 0.15) is 53.4 Å². The van der Waals surface area contributed by atoms with Gasteiger partial charge in [0.2, 0.25) is 0 Å². The summed E-state index contributed by atoms with van der Waals surface area (Å²) in [5.41, 5.74) is -10.2. The summed E-state index contributed by atoms with van der Waals surface area (Å²) < 4.78 is 98.7. The van der Waals surface area contributed by atoms with Crippen LogP contribution in [0.25, 0.3) is 33.4 Å². The molecule has 0 heterocycles. The van der Waals surface area contributed by atoms with Gasteiger partial charge in [-0.15, -0.1) is 0 Å². The maximum atomic E-state index is 17.0. The fourth-order valence-corrected chi connectivity index (χ4v) is 5.75. The van der Waals surface area contributed by atoms with Gasteiger partial charge in [-0.25, -0.2) is 4.39 Å². The van der Waals surface area contributed by atoms with Crippen LogP contribution in [0.15, 0.2) is 59.7 Å². The third-order valence-electron chi connectivity index (χ3n) is 7.71. The molecule has 0 bridgehead atoms. The molecule has 49 heavy (non-hydrogen) atoms. The molecule has 2 aliphatic carbocycles. The van der Waals surface area contributed by atoms with Gasteiger partial charge in [-0.3, -0.25) is 0 Å². The van der Waals surface area contributed by atoms with Gasteiger partial charge >= 0.3 is 12.4 Å². The summed E-state index contributed by atoms with van der Waals surface area (Å²) in [6.45, 7) is 0. The summed E-state index contributed by atoms with van der Waals surface area (Å²) in [5, 5.41) is 69.1. The number of allylic oxidation sites excluding steroid dienone is 8. The minimum absolute atomic E-state index is 0.127. The van der Waals surface area contributed by atoms with E-state index in [2.05, 4.69) is 0 Å². The van der Waals surface area contributed by atoms with Gasteiger partial charge in [-0.05, 0) is 47.0 Å². The zero-order chi connectivity index (χ0) is 36.0. The Morgan fingerprint density at radius 1 is 0.531 bits per heavy atom. The maximum Gasteiger partial charge on any atom is 0.417 e. The second-order valence-corrected chi connectivity index (χ2v) is 10.2. The molecule has 0 saturated heterocycles. The SMILES string of the molecule is N#CC(C#N)=C1C(c2ccc(C(F)(F)F)cc2)=C(C#N)c2c1cc1c(c2F)C(=C(C#N)C#N)C(c2ccc(C#N)c(C(F)(F)F)c2)=C1C#N. The smallest absolute Gasteiger partial charge is 0.206 e. The fraction of sp³-hybridized carbons (Fsp3) is 0.0571. The molecule has 0 aromatic heterocycles. The Hall–Kier alpha value is -7.44. The Kier molecular flexibility index (Phi) is 7.89. The number of benzene rings is 3. The van der Waals surface area contributed by atoms with Gasteiger partial charge in [-0.2, -0.15) is 63.2 Å². The van der Waals surface area contributed by atoms with Gasteiger partial charge in [-0.1, -0.05) is 18.2 Å². The van der Waals surface area contributed by atoms with Crippen LogP contribution in [0.2, 0.25) is 0 Å². The summed E-state index contributed by atoms with van der Waals surface area (Å²) in [6.07, 6.45) is -9.83. The molecule has 0 aliphatic heterocycles. The topological polar surface area (TPSA) is 167 Å². The van der Waals surface area contributed by atoms with Gasteiger partial charge in [0, 0.05) is 39.0 Å². The molecule has 2 aliphatic rings. The predicted molar refractivity (Wildman–Crippen MR) is 155 cm³/mol. The van der Waals surface area contributed by atoms with Crippen molar-refractivity contribution in [1.82, 2.24) is 0 Å². The van der Waals surface area contributed by atoms with Crippen LogP contribution in [0.1, 0.15) is 50.1 Å². The molecular formula is C35H8F7N7. The van der Waals surface area contributed by atoms with Crippen molar-refractivity contribution in [2.24, 2.45) is 0 Å². The number of nitrogens with zero attached hydrogens (tertiary/aromatic N) is 7. The molecule has 0 unspecified atom stereocenters. The van der Waals surface area contributed by atoms with E-state index in [0.717, 1.165) is 30.3 Å². The van der Waals surface area contributed by atoms with Crippen molar-refractivity contribution in [1.29, 1.82) is 36.8 Å². The molecule has 0 atom stereocenters. The molecular weight excluding hydrogens is 651 g/mol. The minimum atomic E-state index is -5.07. The Morgan fingerprint density at radius 2 is 1.06 bits per heavy atom. The zero-order valence-corrected chi connectivity index (χ0v) is 23.9. The number of rotatable bonds is 2. The highest BCUT2D eigenvalue weighted by Gasteiger charge is 2.42. The first-order valence-electron chi connectivity index (χ1n) is 13.3. The number of hydrogen-bond donors (Lipinski definition) is 0. The van der Waals surface area contributed by atoms with E-state index in [4.69, 9.17) is 0 Å². The predicted octanol–water partition coefficient (Wildman–Crippen LogP) is 8.23. The molecule has 0 amide bonds. The molecule has 3 aromatic carbocycles. The summed E-state index contributed by atoms with van der Waals surface area (Å²) in [5.74, 6) is -1.37. The lowest BCUT2D eigenvalue weighted by Gasteiger charge is -2.14. The van der Waals surface area contributed by atoms with E-state index < -0.39 is 85.0 Å². The third-order valence-corrected chi connectivity index (χ3v) is 7.71. The molecule has 5 rings (SSSR count). The number of fused-ring (bicyclic) bond motifs is 2. The normalized spacial score (nSPS) is 13.2. The van der Waals surface area contributed by atoms with Crippen LogP contribution in [0, 0.1) is 85.1 Å². The number of alkyl halides is 6. The lowest BCUT2D eigenvalue weighted by atomic mass is 9.89. The molecule has 14 heteroatoms. The average molecular weight is 659 g/mol. The Balaban J connectivity index is 1.93. The quantitative estimate of drug-likeness (QED) is 0.197. The van der Waals surface area contributed by atoms with Crippen LogP contribution in [-0.4, -0.2) is 0 Å². The van der Waals surface area contributed by atoms with Gasteiger partial charge in [0.05, 0.1) is 33.9 Å². The summed E-state index contributed by atoms with van der Waals surface area (Å²) in [6, 6.07) is 17.7. The first-order chi connectivity index (χ1) is 23.2. The number of hydrogen-bond acceptors (Lipinski definition) is 7. The second-order valence-electron chi connectivity index (χ2n) is 10.2. The van der Waals surface area contributed by atoms with E-state index in [1.54, 1.807) is 24.3 Å². The highest BCUT2D eigenvalue weighted by molar-refractivity contribution is 6.30. The molecule has 0 spiro atoms. The molecule has 0 saturated carbocycles. The Labute approximate surface area is 271 Å². The lowest BCUT2D eigenvalue weighted by Crippen LogP contribution is -2.08. The largest absolute Gasteiger partial charge is 0.417 e. The first kappa shape index (κ1) is 32.9. The van der Waals surface area contributed by atoms with Crippen LogP contribution in [0.3, 0.4) is 0 Å². The van der Waals surface area contributed by atoms with Crippen molar-refractivity contribution in [3.8, 4) is 42.5 Å². The standard InChI is InChI=1S/C35H8F7N7/c36-33-31-23(29(19(10-44)11-45)27(25(31)15-49)16-3-5-21(6-4-16)34(37,38)39)8-22-24(14-48)28(30(32(22)33)20(12-46)13-47)17-1-2-18(9-43)26(7-17)35(40,41)42/h1-8H. The summed E-state index contributed by atoms with van der Waals surface area (Å²) in [4.78, 5) is 0. The van der Waals surface area contributed by atoms with Crippen LogP contribution in [0.4, 0.5) is 30.7 Å². The highest BCUT2D eigenvalue weighted by Crippen LogP contribution is 2.56. The fourth-order valence-electron chi connectivity index (χ4n) is 5.75. The van der Waals surface area contributed by atoms with Crippen LogP contribution in [-0.2, 0) is 12.4 Å². The van der Waals surface area contributed by atoms with Crippen molar-refractivity contribution < 1.29 is 30.7 Å². The van der Waals surface area contributed by atoms with E-state index >= 15 is 4.39 Å². The number of nitriles is 7. The molecule has 3 aromatic rings. The van der Waals surface area contributed by atoms with Crippen molar-refractivity contribution in [3.05, 3.63) is 116 Å². The molecule has 0 fully saturated rings. The van der Waals surface area contributed by atoms with E-state index in [1.165, 1.54) is 18.2 Å². The van der Waals surface area contributed by atoms with E-state index in [9.17, 15) is 63.2 Å². The van der Waals surface area contributed by atoms with Crippen molar-refractivity contribution in [3.63, 3.8) is 0 Å². The Bertz CT molecular complexity index is 2450. The van der Waals surface area contributed by atoms with Gasteiger partial charge in [0.25, 0.3) is 0 Å². The monoisotopic (exact) mass is 659 g/mol. The van der Waals surface area contributed by atoms with Crippen LogP contribution in [0.5, 0.6) is 0 Å². The summed E-state index contributed by atoms with van der Waals surface area (Å²) in [7, 11) is 0. The van der Waals surface area contributed by atoms with Crippen molar-refractivity contribution >= 4 is 33.4 Å².